The number of alkyl halides is 6. The van der Waals surface area contributed by atoms with E-state index >= 15 is 0 Å². The maximum atomic E-state index is 13.3. The number of nitrogens with one attached hydrogen (secondary N) is 1. The van der Waals surface area contributed by atoms with Gasteiger partial charge in [0.15, 0.2) is 0 Å². The van der Waals surface area contributed by atoms with E-state index in [-0.39, 0.29) is 41.3 Å². The first-order valence-corrected chi connectivity index (χ1v) is 13.6. The molecule has 7 atom stereocenters. The molecule has 0 radical (unpaired) electrons. The van der Waals surface area contributed by atoms with Crippen LogP contribution in [0.25, 0.3) is 0 Å². The molecule has 214 valence electrons. The lowest BCUT2D eigenvalue weighted by molar-refractivity contribution is -0.143. The Balaban J connectivity index is 1.31. The summed E-state index contributed by atoms with van der Waals surface area (Å²) in [6.07, 6.45) is -0.560. The Morgan fingerprint density at radius 2 is 1.59 bits per heavy atom. The van der Waals surface area contributed by atoms with Crippen LogP contribution in [0, 0.1) is 34.5 Å². The quantitative estimate of drug-likeness (QED) is 0.421. The van der Waals surface area contributed by atoms with E-state index in [2.05, 4.69) is 25.2 Å². The SMILES string of the molecule is CN1C(=O)C=C[C@@]2(C)C1CC[C@@H]1[C@H]2CC[C@]2(C)C(CNC(=O)c3cc(C(F)(F)F)cc(C(F)(F)F)c3)CC[C@@H]12. The van der Waals surface area contributed by atoms with Gasteiger partial charge in [0.2, 0.25) is 5.91 Å². The van der Waals surface area contributed by atoms with Crippen molar-refractivity contribution in [1.29, 1.82) is 0 Å². The molecule has 1 aliphatic heterocycles. The van der Waals surface area contributed by atoms with Crippen LogP contribution in [0.2, 0.25) is 0 Å². The van der Waals surface area contributed by atoms with Crippen LogP contribution in [0.5, 0.6) is 0 Å². The third-order valence-electron chi connectivity index (χ3n) is 10.7. The van der Waals surface area contributed by atoms with Gasteiger partial charge in [0.05, 0.1) is 11.1 Å². The molecule has 3 aliphatic carbocycles. The summed E-state index contributed by atoms with van der Waals surface area (Å²) < 4.78 is 79.5. The van der Waals surface area contributed by atoms with Crippen LogP contribution in [-0.2, 0) is 17.1 Å². The van der Waals surface area contributed by atoms with Crippen molar-refractivity contribution >= 4 is 11.8 Å². The molecule has 2 amide bonds. The number of rotatable bonds is 3. The molecular formula is C29H34F6N2O2. The molecular weight excluding hydrogens is 522 g/mol. The van der Waals surface area contributed by atoms with Crippen molar-refractivity contribution in [3.63, 3.8) is 0 Å². The molecule has 10 heteroatoms. The van der Waals surface area contributed by atoms with Crippen LogP contribution in [0.15, 0.2) is 30.4 Å². The van der Waals surface area contributed by atoms with Gasteiger partial charge in [-0.25, -0.2) is 0 Å². The lowest BCUT2D eigenvalue weighted by atomic mass is 9.47. The molecule has 0 spiro atoms. The second-order valence-electron chi connectivity index (χ2n) is 12.4. The number of likely N-dealkylation sites (N-methyl/N-ethyl adjacent to an activating group) is 1. The van der Waals surface area contributed by atoms with Gasteiger partial charge in [0, 0.05) is 30.6 Å². The average molecular weight is 557 g/mol. The Kier molecular flexibility index (Phi) is 6.66. The first kappa shape index (κ1) is 28.0. The van der Waals surface area contributed by atoms with Gasteiger partial charge in [-0.15, -0.1) is 0 Å². The fourth-order valence-corrected chi connectivity index (χ4v) is 8.59. The van der Waals surface area contributed by atoms with E-state index in [9.17, 15) is 35.9 Å². The molecule has 1 heterocycles. The Morgan fingerprint density at radius 1 is 0.949 bits per heavy atom. The van der Waals surface area contributed by atoms with Gasteiger partial charge in [-0.1, -0.05) is 19.9 Å². The van der Waals surface area contributed by atoms with E-state index in [1.54, 1.807) is 6.08 Å². The van der Waals surface area contributed by atoms with E-state index in [0.29, 0.717) is 29.9 Å². The lowest BCUT2D eigenvalue weighted by Gasteiger charge is -2.60. The van der Waals surface area contributed by atoms with Gasteiger partial charge in [-0.3, -0.25) is 9.59 Å². The maximum Gasteiger partial charge on any atom is 0.416 e. The molecule has 2 unspecified atom stereocenters. The second kappa shape index (κ2) is 9.26. The zero-order valence-electron chi connectivity index (χ0n) is 22.3. The van der Waals surface area contributed by atoms with Crippen molar-refractivity contribution < 1.29 is 35.9 Å². The summed E-state index contributed by atoms with van der Waals surface area (Å²) in [7, 11) is 1.87. The molecule has 0 bridgehead atoms. The minimum atomic E-state index is -5.01. The Labute approximate surface area is 224 Å². The molecule has 0 aromatic heterocycles. The van der Waals surface area contributed by atoms with E-state index in [4.69, 9.17) is 0 Å². The normalized spacial score (nSPS) is 36.3. The summed E-state index contributed by atoms with van der Waals surface area (Å²) >= 11 is 0. The van der Waals surface area contributed by atoms with Crippen LogP contribution >= 0.6 is 0 Å². The van der Waals surface area contributed by atoms with Crippen molar-refractivity contribution in [2.75, 3.05) is 13.6 Å². The molecule has 1 N–H and O–H groups in total. The number of nitrogens with zero attached hydrogens (tertiary/aromatic N) is 1. The Bertz CT molecular complexity index is 1160. The molecule has 5 rings (SSSR count). The van der Waals surface area contributed by atoms with Crippen LogP contribution in [0.4, 0.5) is 26.3 Å². The summed E-state index contributed by atoms with van der Waals surface area (Å²) in [6.45, 7) is 4.69. The largest absolute Gasteiger partial charge is 0.416 e. The fraction of sp³-hybridized carbons (Fsp3) is 0.655. The van der Waals surface area contributed by atoms with Crippen molar-refractivity contribution in [3.8, 4) is 0 Å². The summed E-state index contributed by atoms with van der Waals surface area (Å²) in [5, 5.41) is 2.66. The number of fused-ring (bicyclic) bond motifs is 5. The van der Waals surface area contributed by atoms with Crippen LogP contribution in [0.3, 0.4) is 0 Å². The fourth-order valence-electron chi connectivity index (χ4n) is 8.59. The summed E-state index contributed by atoms with van der Waals surface area (Å²) in [6, 6.07) is 1.16. The number of amides is 2. The van der Waals surface area contributed by atoms with E-state index in [1.165, 1.54) is 0 Å². The summed E-state index contributed by atoms with van der Waals surface area (Å²) in [5.74, 6) is 0.501. The number of halogens is 6. The summed E-state index contributed by atoms with van der Waals surface area (Å²) in [4.78, 5) is 27.0. The maximum absolute atomic E-state index is 13.3. The third-order valence-corrected chi connectivity index (χ3v) is 10.7. The lowest BCUT2D eigenvalue weighted by Crippen LogP contribution is -2.59. The highest BCUT2D eigenvalue weighted by molar-refractivity contribution is 5.94. The van der Waals surface area contributed by atoms with E-state index in [1.807, 2.05) is 11.9 Å². The zero-order chi connectivity index (χ0) is 28.5. The van der Waals surface area contributed by atoms with Gasteiger partial charge < -0.3 is 10.2 Å². The first-order valence-electron chi connectivity index (χ1n) is 13.6. The molecule has 39 heavy (non-hydrogen) atoms. The number of hydrogen-bond donors (Lipinski definition) is 1. The second-order valence-corrected chi connectivity index (χ2v) is 12.4. The summed E-state index contributed by atoms with van der Waals surface area (Å²) in [5.41, 5.74) is -3.82. The Morgan fingerprint density at radius 3 is 2.21 bits per heavy atom. The highest BCUT2D eigenvalue weighted by atomic mass is 19.4. The predicted molar refractivity (Wildman–Crippen MR) is 132 cm³/mol. The highest BCUT2D eigenvalue weighted by Gasteiger charge is 2.60. The van der Waals surface area contributed by atoms with E-state index in [0.717, 1.165) is 38.5 Å². The van der Waals surface area contributed by atoms with Gasteiger partial charge in [0.25, 0.3) is 5.91 Å². The van der Waals surface area contributed by atoms with Crippen LogP contribution in [-0.4, -0.2) is 36.3 Å². The van der Waals surface area contributed by atoms with Crippen molar-refractivity contribution in [2.24, 2.45) is 34.5 Å². The minimum Gasteiger partial charge on any atom is -0.352 e. The average Bonchev–Trinajstić information content (AvgIpc) is 3.20. The minimum absolute atomic E-state index is 0.0300. The molecule has 3 saturated carbocycles. The zero-order valence-corrected chi connectivity index (χ0v) is 22.3. The molecule has 0 saturated heterocycles. The molecule has 3 fully saturated rings. The van der Waals surface area contributed by atoms with Gasteiger partial charge in [-0.2, -0.15) is 26.3 Å². The first-order chi connectivity index (χ1) is 18.1. The number of carbonyl (C=O) groups excluding carboxylic acids is 2. The highest BCUT2D eigenvalue weighted by Crippen LogP contribution is 2.65. The smallest absolute Gasteiger partial charge is 0.352 e. The predicted octanol–water partition coefficient (Wildman–Crippen LogP) is 6.71. The molecule has 1 aromatic rings. The molecule has 4 nitrogen and oxygen atoms in total. The van der Waals surface area contributed by atoms with Crippen LogP contribution in [0.1, 0.15) is 73.9 Å². The van der Waals surface area contributed by atoms with E-state index < -0.39 is 35.0 Å². The number of hydrogen-bond acceptors (Lipinski definition) is 2. The monoisotopic (exact) mass is 556 g/mol. The number of benzene rings is 1. The van der Waals surface area contributed by atoms with Crippen molar-refractivity contribution in [3.05, 3.63) is 47.0 Å². The molecule has 1 aromatic carbocycles. The van der Waals surface area contributed by atoms with Gasteiger partial charge >= 0.3 is 12.4 Å². The topological polar surface area (TPSA) is 49.4 Å². The Hall–Kier alpha value is -2.52. The van der Waals surface area contributed by atoms with Crippen molar-refractivity contribution in [1.82, 2.24) is 10.2 Å². The van der Waals surface area contributed by atoms with Crippen LogP contribution < -0.4 is 5.32 Å². The third kappa shape index (κ3) is 4.65. The van der Waals surface area contributed by atoms with Crippen molar-refractivity contribution in [2.45, 2.75) is 70.8 Å². The molecule has 4 aliphatic rings. The van der Waals surface area contributed by atoms with Gasteiger partial charge in [0.1, 0.15) is 0 Å². The number of carbonyl (C=O) groups is 2. The van der Waals surface area contributed by atoms with Gasteiger partial charge in [-0.05, 0) is 91.9 Å². The standard InChI is InChI=1S/C29H34F6N2O2/c1-26-10-8-22-20(5-7-23-27(22,2)11-9-24(38)37(23)3)21(26)6-4-17(26)15-36-25(39)16-12-18(28(30,31)32)14-19(13-16)29(33,34)35/h9,11-14,17,20-23H,4-8,10,15H2,1-3H3,(H,36,39)/t17?,20-,21-,22+,23?,26+,27+/m0/s1.